The van der Waals surface area contributed by atoms with E-state index in [1.165, 1.54) is 16.8 Å². The second kappa shape index (κ2) is 7.39. The zero-order chi connectivity index (χ0) is 13.5. The molecule has 0 saturated heterocycles. The Kier molecular flexibility index (Phi) is 6.16. The number of aliphatic hydroxyl groups excluding tert-OH is 1. The van der Waals surface area contributed by atoms with Crippen LogP contribution in [0, 0.1) is 13.8 Å². The Morgan fingerprint density at radius 1 is 1.22 bits per heavy atom. The van der Waals surface area contributed by atoms with Crippen molar-refractivity contribution in [2.24, 2.45) is 0 Å². The molecule has 0 aliphatic heterocycles. The summed E-state index contributed by atoms with van der Waals surface area (Å²) in [6, 6.07) is 6.47. The van der Waals surface area contributed by atoms with Crippen molar-refractivity contribution in [3.05, 3.63) is 29.3 Å². The maximum absolute atomic E-state index is 9.94. The number of likely N-dealkylation sites (N-methyl/N-ethyl adjacent to an activating group) is 1. The molecule has 1 aromatic rings. The second-order valence-electron chi connectivity index (χ2n) is 5.08. The van der Waals surface area contributed by atoms with Gasteiger partial charge < -0.3 is 15.3 Å². The highest BCUT2D eigenvalue weighted by molar-refractivity contribution is 5.50. The number of rotatable bonds is 7. The summed E-state index contributed by atoms with van der Waals surface area (Å²) in [4.78, 5) is 2.11. The summed E-state index contributed by atoms with van der Waals surface area (Å²) in [5.74, 6) is 0. The number of nitrogens with one attached hydrogen (secondary N) is 1. The highest BCUT2D eigenvalue weighted by atomic mass is 16.3. The molecule has 0 bridgehead atoms. The van der Waals surface area contributed by atoms with Crippen LogP contribution < -0.4 is 10.2 Å². The Morgan fingerprint density at radius 2 is 1.83 bits per heavy atom. The van der Waals surface area contributed by atoms with Crippen molar-refractivity contribution in [2.45, 2.75) is 33.3 Å². The molecule has 0 aliphatic rings. The lowest BCUT2D eigenvalue weighted by molar-refractivity contribution is 0.178. The molecule has 2 N–H and O–H groups in total. The van der Waals surface area contributed by atoms with Crippen molar-refractivity contribution in [2.75, 3.05) is 31.6 Å². The summed E-state index contributed by atoms with van der Waals surface area (Å²) in [6.07, 6.45) is 0.766. The fraction of sp³-hybridized carbons (Fsp3) is 0.600. The predicted molar refractivity (Wildman–Crippen MR) is 78.4 cm³/mol. The summed E-state index contributed by atoms with van der Waals surface area (Å²) in [7, 11) is 2.03. The number of nitrogens with zero attached hydrogens (tertiary/aromatic N) is 1. The SMILES string of the molecule is CCCNCC(O)CN(C)c1cc(C)cc(C)c1. The summed E-state index contributed by atoms with van der Waals surface area (Å²) in [5, 5.41) is 13.2. The first-order valence-electron chi connectivity index (χ1n) is 6.71. The third kappa shape index (κ3) is 5.07. The fourth-order valence-electron chi connectivity index (χ4n) is 2.10. The molecule has 1 unspecified atom stereocenters. The van der Waals surface area contributed by atoms with Gasteiger partial charge in [0, 0.05) is 25.8 Å². The van der Waals surface area contributed by atoms with E-state index < -0.39 is 0 Å². The van der Waals surface area contributed by atoms with Crippen molar-refractivity contribution in [3.63, 3.8) is 0 Å². The van der Waals surface area contributed by atoms with Crippen LogP contribution in [0.1, 0.15) is 24.5 Å². The molecular formula is C15H26N2O. The predicted octanol–water partition coefficient (Wildman–Crippen LogP) is 2.10. The minimum Gasteiger partial charge on any atom is -0.390 e. The van der Waals surface area contributed by atoms with Crippen molar-refractivity contribution >= 4 is 5.69 Å². The molecule has 0 fully saturated rings. The molecule has 0 amide bonds. The molecule has 0 aliphatic carbocycles. The Bertz CT molecular complexity index is 345. The van der Waals surface area contributed by atoms with E-state index in [1.54, 1.807) is 0 Å². The van der Waals surface area contributed by atoms with E-state index in [4.69, 9.17) is 0 Å². The summed E-state index contributed by atoms with van der Waals surface area (Å²) in [5.41, 5.74) is 3.69. The Morgan fingerprint density at radius 3 is 2.39 bits per heavy atom. The van der Waals surface area contributed by atoms with Gasteiger partial charge in [0.05, 0.1) is 6.10 Å². The number of anilines is 1. The van der Waals surface area contributed by atoms with Gasteiger partial charge in [-0.2, -0.15) is 0 Å². The van der Waals surface area contributed by atoms with Crippen LogP contribution in [0.15, 0.2) is 18.2 Å². The molecule has 1 atom stereocenters. The normalized spacial score (nSPS) is 12.5. The van der Waals surface area contributed by atoms with E-state index in [1.807, 2.05) is 7.05 Å². The lowest BCUT2D eigenvalue weighted by atomic mass is 10.1. The topological polar surface area (TPSA) is 35.5 Å². The van der Waals surface area contributed by atoms with Gasteiger partial charge in [0.25, 0.3) is 0 Å². The Hall–Kier alpha value is -1.06. The van der Waals surface area contributed by atoms with Gasteiger partial charge in [0.2, 0.25) is 0 Å². The average Bonchev–Trinajstić information content (AvgIpc) is 2.28. The fourth-order valence-corrected chi connectivity index (χ4v) is 2.10. The molecule has 0 heterocycles. The van der Waals surface area contributed by atoms with E-state index in [9.17, 15) is 5.11 Å². The Labute approximate surface area is 111 Å². The Balaban J connectivity index is 2.50. The van der Waals surface area contributed by atoms with Gasteiger partial charge in [0.1, 0.15) is 0 Å². The van der Waals surface area contributed by atoms with Gasteiger partial charge in [-0.1, -0.05) is 13.0 Å². The summed E-state index contributed by atoms with van der Waals surface area (Å²) < 4.78 is 0. The highest BCUT2D eigenvalue weighted by Crippen LogP contribution is 2.17. The average molecular weight is 250 g/mol. The molecule has 3 heteroatoms. The minimum atomic E-state index is -0.331. The van der Waals surface area contributed by atoms with Crippen molar-refractivity contribution < 1.29 is 5.11 Å². The van der Waals surface area contributed by atoms with Crippen molar-refractivity contribution in [3.8, 4) is 0 Å². The van der Waals surface area contributed by atoms with Crippen LogP contribution in [0.25, 0.3) is 0 Å². The molecular weight excluding hydrogens is 224 g/mol. The van der Waals surface area contributed by atoms with Gasteiger partial charge in [-0.3, -0.25) is 0 Å². The zero-order valence-corrected chi connectivity index (χ0v) is 12.0. The third-order valence-electron chi connectivity index (χ3n) is 2.94. The number of aliphatic hydroxyl groups is 1. The molecule has 1 rings (SSSR count). The molecule has 0 aromatic heterocycles. The molecule has 0 spiro atoms. The van der Waals surface area contributed by atoms with Crippen LogP contribution in [0.5, 0.6) is 0 Å². The number of hydrogen-bond acceptors (Lipinski definition) is 3. The third-order valence-corrected chi connectivity index (χ3v) is 2.94. The van der Waals surface area contributed by atoms with Crippen molar-refractivity contribution in [1.29, 1.82) is 0 Å². The molecule has 1 aromatic carbocycles. The van der Waals surface area contributed by atoms with E-state index >= 15 is 0 Å². The van der Waals surface area contributed by atoms with Gasteiger partial charge in [-0.25, -0.2) is 0 Å². The summed E-state index contributed by atoms with van der Waals surface area (Å²) in [6.45, 7) is 8.60. The minimum absolute atomic E-state index is 0.331. The maximum Gasteiger partial charge on any atom is 0.0839 e. The summed E-state index contributed by atoms with van der Waals surface area (Å²) >= 11 is 0. The van der Waals surface area contributed by atoms with E-state index in [2.05, 4.69) is 49.2 Å². The highest BCUT2D eigenvalue weighted by Gasteiger charge is 2.09. The quantitative estimate of drug-likeness (QED) is 0.728. The van der Waals surface area contributed by atoms with E-state index in [0.29, 0.717) is 13.1 Å². The number of benzene rings is 1. The van der Waals surface area contributed by atoms with Gasteiger partial charge in [0.15, 0.2) is 0 Å². The molecule has 0 saturated carbocycles. The smallest absolute Gasteiger partial charge is 0.0839 e. The van der Waals surface area contributed by atoms with Crippen LogP contribution in [-0.2, 0) is 0 Å². The first kappa shape index (κ1) is 15.0. The van der Waals surface area contributed by atoms with Gasteiger partial charge in [-0.15, -0.1) is 0 Å². The van der Waals surface area contributed by atoms with Crippen LogP contribution >= 0.6 is 0 Å². The van der Waals surface area contributed by atoms with Gasteiger partial charge >= 0.3 is 0 Å². The van der Waals surface area contributed by atoms with E-state index in [-0.39, 0.29) is 6.10 Å². The zero-order valence-electron chi connectivity index (χ0n) is 12.0. The standard InChI is InChI=1S/C15H26N2O/c1-5-6-16-10-15(18)11-17(4)14-8-12(2)7-13(3)9-14/h7-9,15-16,18H,5-6,10-11H2,1-4H3. The largest absolute Gasteiger partial charge is 0.390 e. The van der Waals surface area contributed by atoms with Crippen molar-refractivity contribution in [1.82, 2.24) is 5.32 Å². The lowest BCUT2D eigenvalue weighted by Gasteiger charge is -2.23. The maximum atomic E-state index is 9.94. The van der Waals surface area contributed by atoms with Crippen LogP contribution in [0.4, 0.5) is 5.69 Å². The first-order chi connectivity index (χ1) is 8.52. The monoisotopic (exact) mass is 250 g/mol. The first-order valence-corrected chi connectivity index (χ1v) is 6.71. The van der Waals surface area contributed by atoms with E-state index in [0.717, 1.165) is 13.0 Å². The van der Waals surface area contributed by atoms with Crippen LogP contribution in [0.3, 0.4) is 0 Å². The van der Waals surface area contributed by atoms with Crippen LogP contribution in [-0.4, -0.2) is 37.9 Å². The molecule has 18 heavy (non-hydrogen) atoms. The molecule has 3 nitrogen and oxygen atoms in total. The van der Waals surface area contributed by atoms with Gasteiger partial charge in [-0.05, 0) is 50.1 Å². The number of aryl methyl sites for hydroxylation is 2. The lowest BCUT2D eigenvalue weighted by Crippen LogP contribution is -2.36. The van der Waals surface area contributed by atoms with Crippen LogP contribution in [0.2, 0.25) is 0 Å². The second-order valence-corrected chi connectivity index (χ2v) is 5.08. The molecule has 0 radical (unpaired) electrons. The number of hydrogen-bond donors (Lipinski definition) is 2. The molecule has 102 valence electrons.